The number of hydrogen-bond acceptors (Lipinski definition) is 9. The highest BCUT2D eigenvalue weighted by atomic mass is 32.2. The summed E-state index contributed by atoms with van der Waals surface area (Å²) in [5, 5.41) is 4.90. The van der Waals surface area contributed by atoms with E-state index in [-0.39, 0.29) is 23.3 Å². The van der Waals surface area contributed by atoms with Gasteiger partial charge in [-0.15, -0.1) is 16.8 Å². The molecule has 2 aromatic heterocycles. The summed E-state index contributed by atoms with van der Waals surface area (Å²) in [6.45, 7) is 6.25. The van der Waals surface area contributed by atoms with Crippen LogP contribution in [0.15, 0.2) is 45.3 Å². The maximum Gasteiger partial charge on any atom is 0.327 e. The van der Waals surface area contributed by atoms with E-state index >= 15 is 0 Å². The zero-order valence-electron chi connectivity index (χ0n) is 18.2. The smallest absolute Gasteiger partial charge is 0.327 e. The van der Waals surface area contributed by atoms with Gasteiger partial charge >= 0.3 is 5.97 Å². The highest BCUT2D eigenvalue weighted by Gasteiger charge is 2.31. The van der Waals surface area contributed by atoms with Gasteiger partial charge in [-0.05, 0) is 17.7 Å². The first-order valence-corrected chi connectivity index (χ1v) is 11.9. The quantitative estimate of drug-likeness (QED) is 0.511. The van der Waals surface area contributed by atoms with Crippen molar-refractivity contribution in [2.45, 2.75) is 48.6 Å². The molecule has 3 aromatic rings. The largest absolute Gasteiger partial charge is 0.444 e. The second kappa shape index (κ2) is 9.05. The van der Waals surface area contributed by atoms with E-state index in [1.165, 1.54) is 16.4 Å². The Kier molecular flexibility index (Phi) is 6.36. The standard InChI is InChI=1S/C22H24N4O4S2/c1-22(2,3)16-10-23-17(29-16)12-31-19-11-24-21(32-19)25-20(28)14-7-5-13(6-8-14)15-9-18(27)30-26(15)4/h5-8,10-11,15H,9,12H2,1-4H3,(H,24,25,28). The van der Waals surface area contributed by atoms with Crippen LogP contribution in [-0.2, 0) is 20.8 Å². The normalized spacial score (nSPS) is 16.9. The molecule has 1 unspecified atom stereocenters. The number of nitrogens with zero attached hydrogens (tertiary/aromatic N) is 3. The van der Waals surface area contributed by atoms with Crippen molar-refractivity contribution >= 4 is 40.1 Å². The van der Waals surface area contributed by atoms with E-state index in [0.717, 1.165) is 15.5 Å². The van der Waals surface area contributed by atoms with Crippen molar-refractivity contribution in [1.29, 1.82) is 0 Å². The number of carbonyl (C=O) groups excluding carboxylic acids is 2. The molecule has 10 heteroatoms. The Morgan fingerprint density at radius 2 is 2.00 bits per heavy atom. The maximum atomic E-state index is 12.6. The molecule has 1 saturated heterocycles. The molecule has 168 valence electrons. The summed E-state index contributed by atoms with van der Waals surface area (Å²) in [6.07, 6.45) is 3.80. The highest BCUT2D eigenvalue weighted by Crippen LogP contribution is 2.32. The summed E-state index contributed by atoms with van der Waals surface area (Å²) in [6, 6.07) is 7.01. The molecule has 0 aliphatic carbocycles. The number of thioether (sulfide) groups is 1. The van der Waals surface area contributed by atoms with Gasteiger partial charge < -0.3 is 9.25 Å². The Labute approximate surface area is 194 Å². The van der Waals surface area contributed by atoms with Crippen LogP contribution in [-0.4, -0.2) is 34.0 Å². The summed E-state index contributed by atoms with van der Waals surface area (Å²) in [5.41, 5.74) is 1.36. The lowest BCUT2D eigenvalue weighted by Crippen LogP contribution is -2.17. The first-order valence-electron chi connectivity index (χ1n) is 10.1. The minimum Gasteiger partial charge on any atom is -0.444 e. The van der Waals surface area contributed by atoms with E-state index < -0.39 is 0 Å². The van der Waals surface area contributed by atoms with Gasteiger partial charge in [-0.3, -0.25) is 14.9 Å². The Bertz CT molecular complexity index is 1120. The van der Waals surface area contributed by atoms with Gasteiger partial charge in [0.2, 0.25) is 5.89 Å². The molecule has 0 saturated carbocycles. The SMILES string of the molecule is CN1OC(=O)CC1c1ccc(C(=O)Nc2ncc(SCc3ncc(C(C)(C)C)o3)s2)cc1. The average molecular weight is 473 g/mol. The molecule has 0 bridgehead atoms. The number of amides is 1. The fraction of sp³-hybridized carbons (Fsp3) is 0.364. The van der Waals surface area contributed by atoms with Crippen molar-refractivity contribution in [2.75, 3.05) is 12.4 Å². The van der Waals surface area contributed by atoms with Crippen molar-refractivity contribution in [3.8, 4) is 0 Å². The first kappa shape index (κ1) is 22.5. The number of nitrogens with one attached hydrogen (secondary N) is 1. The summed E-state index contributed by atoms with van der Waals surface area (Å²) < 4.78 is 6.77. The van der Waals surface area contributed by atoms with Gasteiger partial charge in [0.25, 0.3) is 5.91 Å². The number of aromatic nitrogens is 2. The monoisotopic (exact) mass is 472 g/mol. The molecule has 32 heavy (non-hydrogen) atoms. The van der Waals surface area contributed by atoms with E-state index in [2.05, 4.69) is 36.1 Å². The minimum atomic E-state index is -0.255. The minimum absolute atomic E-state index is 0.0751. The number of hydroxylamine groups is 2. The first-order chi connectivity index (χ1) is 15.2. The van der Waals surface area contributed by atoms with E-state index in [1.54, 1.807) is 43.3 Å². The second-order valence-corrected chi connectivity index (χ2v) is 10.8. The lowest BCUT2D eigenvalue weighted by molar-refractivity contribution is -0.169. The van der Waals surface area contributed by atoms with E-state index in [9.17, 15) is 9.59 Å². The molecular formula is C22H24N4O4S2. The summed E-state index contributed by atoms with van der Waals surface area (Å²) in [4.78, 5) is 37.7. The number of rotatable bonds is 6. The molecule has 1 fully saturated rings. The van der Waals surface area contributed by atoms with Gasteiger partial charge in [0.1, 0.15) is 5.76 Å². The van der Waals surface area contributed by atoms with Gasteiger partial charge in [-0.25, -0.2) is 9.97 Å². The zero-order chi connectivity index (χ0) is 22.9. The molecule has 8 nitrogen and oxygen atoms in total. The van der Waals surface area contributed by atoms with Crippen LogP contribution in [0.25, 0.3) is 0 Å². The molecule has 1 atom stereocenters. The second-order valence-electron chi connectivity index (χ2n) is 8.45. The molecular weight excluding hydrogens is 448 g/mol. The topological polar surface area (TPSA) is 97.6 Å². The van der Waals surface area contributed by atoms with E-state index in [0.29, 0.717) is 28.8 Å². The van der Waals surface area contributed by atoms with Crippen molar-refractivity contribution in [1.82, 2.24) is 15.0 Å². The van der Waals surface area contributed by atoms with Crippen molar-refractivity contribution < 1.29 is 18.8 Å². The number of oxazole rings is 1. The van der Waals surface area contributed by atoms with Crippen LogP contribution in [0.3, 0.4) is 0 Å². The van der Waals surface area contributed by atoms with E-state index in [4.69, 9.17) is 9.25 Å². The van der Waals surface area contributed by atoms with Gasteiger partial charge in [0.05, 0.1) is 34.8 Å². The molecule has 1 N–H and O–H groups in total. The molecule has 1 aliphatic rings. The van der Waals surface area contributed by atoms with Gasteiger partial charge in [-0.2, -0.15) is 0 Å². The van der Waals surface area contributed by atoms with Gasteiger partial charge in [-0.1, -0.05) is 44.2 Å². The number of carbonyl (C=O) groups is 2. The van der Waals surface area contributed by atoms with Crippen LogP contribution >= 0.6 is 23.1 Å². The molecule has 1 aromatic carbocycles. The van der Waals surface area contributed by atoms with Crippen LogP contribution in [0, 0.1) is 0 Å². The summed E-state index contributed by atoms with van der Waals surface area (Å²) >= 11 is 2.96. The van der Waals surface area contributed by atoms with E-state index in [1.807, 2.05) is 12.1 Å². The van der Waals surface area contributed by atoms with Crippen LogP contribution in [0.5, 0.6) is 0 Å². The fourth-order valence-electron chi connectivity index (χ4n) is 3.14. The van der Waals surface area contributed by atoms with Crippen LogP contribution in [0.1, 0.15) is 60.8 Å². The molecule has 0 radical (unpaired) electrons. The Balaban J connectivity index is 1.32. The zero-order valence-corrected chi connectivity index (χ0v) is 19.9. The molecule has 1 amide bonds. The maximum absolute atomic E-state index is 12.6. The van der Waals surface area contributed by atoms with Crippen molar-refractivity contribution in [3.05, 3.63) is 59.4 Å². The van der Waals surface area contributed by atoms with Gasteiger partial charge in [0.15, 0.2) is 5.13 Å². The summed E-state index contributed by atoms with van der Waals surface area (Å²) in [5.74, 6) is 1.62. The molecule has 4 rings (SSSR count). The Hall–Kier alpha value is -2.69. The van der Waals surface area contributed by atoms with Crippen LogP contribution in [0.4, 0.5) is 5.13 Å². The predicted molar refractivity (Wildman–Crippen MR) is 122 cm³/mol. The number of benzene rings is 1. The van der Waals surface area contributed by atoms with Gasteiger partial charge in [0, 0.05) is 18.0 Å². The lowest BCUT2D eigenvalue weighted by atomic mass is 9.94. The highest BCUT2D eigenvalue weighted by molar-refractivity contribution is 8.00. The third kappa shape index (κ3) is 5.20. The van der Waals surface area contributed by atoms with Crippen molar-refractivity contribution in [2.24, 2.45) is 0 Å². The predicted octanol–water partition coefficient (Wildman–Crippen LogP) is 4.81. The Morgan fingerprint density at radius 3 is 2.62 bits per heavy atom. The lowest BCUT2D eigenvalue weighted by Gasteiger charge is -2.16. The third-order valence-corrected chi connectivity index (χ3v) is 7.03. The Morgan fingerprint density at radius 1 is 1.25 bits per heavy atom. The van der Waals surface area contributed by atoms with Crippen LogP contribution < -0.4 is 5.32 Å². The average Bonchev–Trinajstić information content (AvgIpc) is 3.46. The van der Waals surface area contributed by atoms with Crippen molar-refractivity contribution in [3.63, 3.8) is 0 Å². The fourth-order valence-corrected chi connectivity index (χ4v) is 4.86. The number of anilines is 1. The summed E-state index contributed by atoms with van der Waals surface area (Å²) in [7, 11) is 1.72. The number of hydrogen-bond donors (Lipinski definition) is 1. The molecule has 1 aliphatic heterocycles. The van der Waals surface area contributed by atoms with Crippen LogP contribution in [0.2, 0.25) is 0 Å². The number of thiazole rings is 1. The molecule has 0 spiro atoms. The third-order valence-electron chi connectivity index (χ3n) is 4.94. The molecule has 3 heterocycles.